The fraction of sp³-hybridized carbons (Fsp3) is 0.474. The largest absolute Gasteiger partial charge is 0.0985 e. The van der Waals surface area contributed by atoms with Gasteiger partial charge in [-0.3, -0.25) is 0 Å². The molecule has 0 amide bonds. The predicted octanol–water partition coefficient (Wildman–Crippen LogP) is 6.02. The molecule has 19 heavy (non-hydrogen) atoms. The van der Waals surface area contributed by atoms with Gasteiger partial charge >= 0.3 is 0 Å². The molecule has 0 saturated carbocycles. The molecule has 1 rings (SSSR count). The first kappa shape index (κ1) is 15.8. The minimum absolute atomic E-state index is 1.21. The Kier molecular flexibility index (Phi) is 6.62. The monoisotopic (exact) mass is 256 g/mol. The molecule has 0 aliphatic carbocycles. The number of rotatable bonds is 7. The summed E-state index contributed by atoms with van der Waals surface area (Å²) < 4.78 is 0. The zero-order valence-electron chi connectivity index (χ0n) is 13.1. The van der Waals surface area contributed by atoms with Crippen LogP contribution < -0.4 is 0 Å². The van der Waals surface area contributed by atoms with Gasteiger partial charge in [-0.05, 0) is 61.4 Å². The smallest absolute Gasteiger partial charge is 0.0129 e. The first-order valence-electron chi connectivity index (χ1n) is 7.53. The molecule has 0 aliphatic heterocycles. The van der Waals surface area contributed by atoms with E-state index in [2.05, 4.69) is 52.5 Å². The van der Waals surface area contributed by atoms with Crippen LogP contribution in [0.2, 0.25) is 0 Å². The van der Waals surface area contributed by atoms with Crippen LogP contribution in [0.3, 0.4) is 0 Å². The van der Waals surface area contributed by atoms with E-state index in [0.29, 0.717) is 0 Å². The highest BCUT2D eigenvalue weighted by Gasteiger charge is 2.07. The van der Waals surface area contributed by atoms with Crippen molar-refractivity contribution in [3.63, 3.8) is 0 Å². The molecule has 0 spiro atoms. The van der Waals surface area contributed by atoms with E-state index in [1.807, 2.05) is 6.08 Å². The molecule has 0 atom stereocenters. The lowest BCUT2D eigenvalue weighted by atomic mass is 9.92. The van der Waals surface area contributed by atoms with Crippen LogP contribution in [0.15, 0.2) is 30.9 Å². The van der Waals surface area contributed by atoms with Gasteiger partial charge in [-0.25, -0.2) is 0 Å². The summed E-state index contributed by atoms with van der Waals surface area (Å²) in [5.41, 5.74) is 6.83. The second-order valence-electron chi connectivity index (χ2n) is 5.36. The van der Waals surface area contributed by atoms with Crippen LogP contribution in [0.1, 0.15) is 61.8 Å². The zero-order chi connectivity index (χ0) is 14.3. The highest BCUT2D eigenvalue weighted by atomic mass is 14.1. The van der Waals surface area contributed by atoms with Crippen LogP contribution >= 0.6 is 0 Å². The van der Waals surface area contributed by atoms with E-state index < -0.39 is 0 Å². The quantitative estimate of drug-likeness (QED) is 0.413. The lowest BCUT2D eigenvalue weighted by molar-refractivity contribution is 0.666. The maximum Gasteiger partial charge on any atom is -0.0129 e. The minimum atomic E-state index is 1.21. The Morgan fingerprint density at radius 2 is 1.74 bits per heavy atom. The van der Waals surface area contributed by atoms with E-state index in [1.54, 1.807) is 0 Å². The Hall–Kier alpha value is -1.30. The van der Waals surface area contributed by atoms with Crippen molar-refractivity contribution in [2.24, 2.45) is 0 Å². The van der Waals surface area contributed by atoms with Gasteiger partial charge in [-0.1, -0.05) is 57.0 Å². The molecular formula is C19H28. The predicted molar refractivity (Wildman–Crippen MR) is 87.6 cm³/mol. The van der Waals surface area contributed by atoms with Crippen molar-refractivity contribution in [3.05, 3.63) is 53.1 Å². The van der Waals surface area contributed by atoms with Gasteiger partial charge in [0.05, 0.1) is 0 Å². The molecule has 0 radical (unpaired) electrons. The second kappa shape index (κ2) is 7.99. The number of allylic oxidation sites excluding steroid dienone is 3. The van der Waals surface area contributed by atoms with Crippen molar-refractivity contribution in [2.45, 2.75) is 59.8 Å². The Morgan fingerprint density at radius 3 is 2.21 bits per heavy atom. The van der Waals surface area contributed by atoms with Gasteiger partial charge in [0.1, 0.15) is 0 Å². The molecule has 0 N–H and O–H groups in total. The topological polar surface area (TPSA) is 0 Å². The minimum Gasteiger partial charge on any atom is -0.0985 e. The number of hydrogen-bond acceptors (Lipinski definition) is 0. The Bertz CT molecular complexity index is 426. The first-order valence-corrected chi connectivity index (χ1v) is 7.53. The van der Waals surface area contributed by atoms with Crippen LogP contribution in [0, 0.1) is 13.8 Å². The van der Waals surface area contributed by atoms with Crippen molar-refractivity contribution in [1.82, 2.24) is 0 Å². The third kappa shape index (κ3) is 4.38. The maximum atomic E-state index is 3.91. The van der Waals surface area contributed by atoms with Crippen molar-refractivity contribution in [3.8, 4) is 0 Å². The van der Waals surface area contributed by atoms with Gasteiger partial charge < -0.3 is 0 Å². The van der Waals surface area contributed by atoms with E-state index in [0.717, 1.165) is 0 Å². The van der Waals surface area contributed by atoms with E-state index in [1.165, 1.54) is 59.9 Å². The highest BCUT2D eigenvalue weighted by Crippen LogP contribution is 2.26. The Labute approximate surface area is 119 Å². The summed E-state index contributed by atoms with van der Waals surface area (Å²) in [6.07, 6.45) is 10.6. The van der Waals surface area contributed by atoms with E-state index in [9.17, 15) is 0 Å². The molecule has 1 aromatic carbocycles. The van der Waals surface area contributed by atoms with Crippen LogP contribution in [-0.4, -0.2) is 0 Å². The Morgan fingerprint density at radius 1 is 1.11 bits per heavy atom. The van der Waals surface area contributed by atoms with Crippen LogP contribution in [0.25, 0.3) is 5.57 Å². The van der Waals surface area contributed by atoms with Crippen molar-refractivity contribution in [1.29, 1.82) is 0 Å². The summed E-state index contributed by atoms with van der Waals surface area (Å²) in [7, 11) is 0. The molecule has 104 valence electrons. The summed E-state index contributed by atoms with van der Waals surface area (Å²) in [4.78, 5) is 0. The van der Waals surface area contributed by atoms with E-state index in [4.69, 9.17) is 0 Å². The van der Waals surface area contributed by atoms with Crippen LogP contribution in [0.4, 0.5) is 0 Å². The number of unbranched alkanes of at least 4 members (excludes halogenated alkanes) is 3. The molecule has 0 unspecified atom stereocenters. The standard InChI is InChI=1S/C19H28/c1-6-9-10-11-12-17-13-15(4)19(16(5)14-17)18(7-2)8-3/h7-8,13-14H,2,6,9-12H2,1,3-5H3/b18-8+. The van der Waals surface area contributed by atoms with Crippen molar-refractivity contribution in [2.75, 3.05) is 0 Å². The van der Waals surface area contributed by atoms with Gasteiger partial charge in [0.25, 0.3) is 0 Å². The van der Waals surface area contributed by atoms with Gasteiger partial charge in [-0.2, -0.15) is 0 Å². The molecule has 0 bridgehead atoms. The van der Waals surface area contributed by atoms with Crippen molar-refractivity contribution < 1.29 is 0 Å². The van der Waals surface area contributed by atoms with E-state index >= 15 is 0 Å². The maximum absolute atomic E-state index is 3.91. The number of hydrogen-bond donors (Lipinski definition) is 0. The number of aryl methyl sites for hydroxylation is 3. The third-order valence-electron chi connectivity index (χ3n) is 3.73. The fourth-order valence-electron chi connectivity index (χ4n) is 2.77. The molecule has 0 saturated heterocycles. The highest BCUT2D eigenvalue weighted by molar-refractivity contribution is 5.77. The average molecular weight is 256 g/mol. The summed E-state index contributed by atoms with van der Waals surface area (Å²) >= 11 is 0. The van der Waals surface area contributed by atoms with Gasteiger partial charge in [0.15, 0.2) is 0 Å². The lowest BCUT2D eigenvalue weighted by Crippen LogP contribution is -1.96. The first-order chi connectivity index (χ1) is 9.13. The van der Waals surface area contributed by atoms with Gasteiger partial charge in [-0.15, -0.1) is 0 Å². The van der Waals surface area contributed by atoms with Gasteiger partial charge in [0.2, 0.25) is 0 Å². The fourth-order valence-corrected chi connectivity index (χ4v) is 2.77. The molecular weight excluding hydrogens is 228 g/mol. The van der Waals surface area contributed by atoms with Crippen LogP contribution in [-0.2, 0) is 6.42 Å². The summed E-state index contributed by atoms with van der Waals surface area (Å²) in [6, 6.07) is 4.70. The average Bonchev–Trinajstić information content (AvgIpc) is 2.39. The molecule has 0 fully saturated rings. The van der Waals surface area contributed by atoms with Crippen LogP contribution in [0.5, 0.6) is 0 Å². The third-order valence-corrected chi connectivity index (χ3v) is 3.73. The van der Waals surface area contributed by atoms with Gasteiger partial charge in [0, 0.05) is 0 Å². The summed E-state index contributed by atoms with van der Waals surface area (Å²) in [6.45, 7) is 12.7. The normalized spacial score (nSPS) is 11.7. The number of benzene rings is 1. The van der Waals surface area contributed by atoms with E-state index in [-0.39, 0.29) is 0 Å². The Balaban J connectivity index is 2.88. The second-order valence-corrected chi connectivity index (χ2v) is 5.36. The molecule has 0 aromatic heterocycles. The summed E-state index contributed by atoms with van der Waals surface area (Å²) in [5, 5.41) is 0. The SMILES string of the molecule is C=C/C(=C\C)c1c(C)cc(CCCCCC)cc1C. The lowest BCUT2D eigenvalue weighted by Gasteiger charge is -2.13. The summed E-state index contributed by atoms with van der Waals surface area (Å²) in [5.74, 6) is 0. The molecule has 0 aliphatic rings. The zero-order valence-corrected chi connectivity index (χ0v) is 13.1. The molecule has 1 aromatic rings. The van der Waals surface area contributed by atoms with Crippen molar-refractivity contribution >= 4 is 5.57 Å². The molecule has 0 heterocycles. The molecule has 0 heteroatoms. The molecule has 0 nitrogen and oxygen atoms in total.